The van der Waals surface area contributed by atoms with Crippen LogP contribution >= 0.6 is 11.3 Å². The van der Waals surface area contributed by atoms with Crippen molar-refractivity contribution in [2.45, 2.75) is 45.1 Å². The molecule has 3 nitrogen and oxygen atoms in total. The van der Waals surface area contributed by atoms with Crippen LogP contribution in [0.5, 0.6) is 0 Å². The van der Waals surface area contributed by atoms with Gasteiger partial charge in [0.25, 0.3) is 5.56 Å². The zero-order valence-corrected chi connectivity index (χ0v) is 13.9. The van der Waals surface area contributed by atoms with Crippen molar-refractivity contribution in [2.24, 2.45) is 0 Å². The summed E-state index contributed by atoms with van der Waals surface area (Å²) in [6.45, 7) is 0.737. The maximum Gasteiger partial charge on any atom is 0.262 e. The summed E-state index contributed by atoms with van der Waals surface area (Å²) in [5.74, 6) is 0. The van der Waals surface area contributed by atoms with Gasteiger partial charge in [0, 0.05) is 11.4 Å². The zero-order chi connectivity index (χ0) is 15.6. The summed E-state index contributed by atoms with van der Waals surface area (Å²) in [5, 5.41) is 0.895. The van der Waals surface area contributed by atoms with E-state index in [1.807, 2.05) is 6.07 Å². The molecule has 0 spiro atoms. The lowest BCUT2D eigenvalue weighted by molar-refractivity contribution is 0.617. The highest BCUT2D eigenvalue weighted by molar-refractivity contribution is 7.18. The standard InChI is InChI=1S/C19H20N2OS/c22-19-17-15-10-4-5-11-16(15)23-18(17)20-13-21(19)12-6-9-14-7-2-1-3-8-14/h1-3,7-8,13H,4-6,9-12H2. The minimum absolute atomic E-state index is 0.155. The Morgan fingerprint density at radius 3 is 2.83 bits per heavy atom. The molecule has 2 aromatic heterocycles. The molecule has 0 aliphatic heterocycles. The highest BCUT2D eigenvalue weighted by Crippen LogP contribution is 2.33. The van der Waals surface area contributed by atoms with Gasteiger partial charge in [-0.05, 0) is 49.7 Å². The first-order valence-corrected chi connectivity index (χ1v) is 9.18. The largest absolute Gasteiger partial charge is 0.299 e. The average Bonchev–Trinajstić information content (AvgIpc) is 2.97. The molecule has 0 unspecified atom stereocenters. The third-order valence-corrected chi connectivity index (χ3v) is 5.85. The van der Waals surface area contributed by atoms with Crippen LogP contribution in [-0.4, -0.2) is 9.55 Å². The molecule has 0 saturated carbocycles. The van der Waals surface area contributed by atoms with Crippen LogP contribution in [-0.2, 0) is 25.8 Å². The third-order valence-electron chi connectivity index (χ3n) is 4.65. The molecule has 4 heteroatoms. The second-order valence-electron chi connectivity index (χ2n) is 6.22. The molecule has 0 atom stereocenters. The van der Waals surface area contributed by atoms with Gasteiger partial charge in [0.2, 0.25) is 0 Å². The van der Waals surface area contributed by atoms with Gasteiger partial charge in [0.05, 0.1) is 11.7 Å². The van der Waals surface area contributed by atoms with Gasteiger partial charge in [-0.2, -0.15) is 0 Å². The minimum Gasteiger partial charge on any atom is -0.299 e. The molecule has 4 rings (SSSR count). The highest BCUT2D eigenvalue weighted by Gasteiger charge is 2.19. The molecule has 118 valence electrons. The second kappa shape index (κ2) is 6.28. The van der Waals surface area contributed by atoms with Crippen molar-refractivity contribution in [1.82, 2.24) is 9.55 Å². The van der Waals surface area contributed by atoms with Gasteiger partial charge in [0.1, 0.15) is 4.83 Å². The molecule has 1 aliphatic carbocycles. The van der Waals surface area contributed by atoms with Crippen LogP contribution in [0.1, 0.15) is 35.3 Å². The Bertz CT molecular complexity index is 880. The monoisotopic (exact) mass is 324 g/mol. The van der Waals surface area contributed by atoms with Crippen LogP contribution in [0.25, 0.3) is 10.2 Å². The predicted molar refractivity (Wildman–Crippen MR) is 95.3 cm³/mol. The van der Waals surface area contributed by atoms with Crippen molar-refractivity contribution in [3.63, 3.8) is 0 Å². The van der Waals surface area contributed by atoms with Gasteiger partial charge in [-0.15, -0.1) is 11.3 Å². The van der Waals surface area contributed by atoms with Crippen LogP contribution in [0.4, 0.5) is 0 Å². The Morgan fingerprint density at radius 1 is 1.13 bits per heavy atom. The van der Waals surface area contributed by atoms with E-state index in [1.165, 1.54) is 28.8 Å². The van der Waals surface area contributed by atoms with Crippen LogP contribution < -0.4 is 5.56 Å². The molecular weight excluding hydrogens is 304 g/mol. The lowest BCUT2D eigenvalue weighted by Gasteiger charge is -2.10. The Balaban J connectivity index is 1.58. The third kappa shape index (κ3) is 2.83. The van der Waals surface area contributed by atoms with Crippen molar-refractivity contribution in [2.75, 3.05) is 0 Å². The second-order valence-corrected chi connectivity index (χ2v) is 7.31. The fraction of sp³-hybridized carbons (Fsp3) is 0.368. The summed E-state index contributed by atoms with van der Waals surface area (Å²) in [6.07, 6.45) is 8.28. The first kappa shape index (κ1) is 14.6. The van der Waals surface area contributed by atoms with Crippen LogP contribution in [0, 0.1) is 0 Å². The van der Waals surface area contributed by atoms with Crippen molar-refractivity contribution >= 4 is 21.6 Å². The number of hydrogen-bond acceptors (Lipinski definition) is 3. The van der Waals surface area contributed by atoms with Crippen molar-refractivity contribution < 1.29 is 0 Å². The summed E-state index contributed by atoms with van der Waals surface area (Å²) in [7, 11) is 0. The van der Waals surface area contributed by atoms with Crippen LogP contribution in [0.2, 0.25) is 0 Å². The normalized spacial score (nSPS) is 14.1. The number of benzene rings is 1. The number of aromatic nitrogens is 2. The van der Waals surface area contributed by atoms with Gasteiger partial charge in [-0.1, -0.05) is 30.3 Å². The quantitative estimate of drug-likeness (QED) is 0.728. The lowest BCUT2D eigenvalue weighted by Crippen LogP contribution is -2.21. The number of nitrogens with zero attached hydrogens (tertiary/aromatic N) is 2. The van der Waals surface area contributed by atoms with Gasteiger partial charge in [-0.25, -0.2) is 4.98 Å². The fourth-order valence-electron chi connectivity index (χ4n) is 3.44. The smallest absolute Gasteiger partial charge is 0.262 e. The van der Waals surface area contributed by atoms with Crippen molar-refractivity contribution in [3.05, 3.63) is 63.0 Å². The maximum absolute atomic E-state index is 12.8. The molecule has 0 amide bonds. The zero-order valence-electron chi connectivity index (χ0n) is 13.1. The van der Waals surface area contributed by atoms with E-state index >= 15 is 0 Å². The number of aryl methyl sites for hydroxylation is 4. The van der Waals surface area contributed by atoms with Gasteiger partial charge in [0.15, 0.2) is 0 Å². The maximum atomic E-state index is 12.8. The molecular formula is C19H20N2OS. The van der Waals surface area contributed by atoms with Crippen molar-refractivity contribution in [3.8, 4) is 0 Å². The molecule has 23 heavy (non-hydrogen) atoms. The van der Waals surface area contributed by atoms with E-state index in [0.717, 1.165) is 42.4 Å². The number of rotatable bonds is 4. The first-order chi connectivity index (χ1) is 11.3. The summed E-state index contributed by atoms with van der Waals surface area (Å²) in [6, 6.07) is 10.4. The van der Waals surface area contributed by atoms with Gasteiger partial charge in [-0.3, -0.25) is 9.36 Å². The molecule has 1 aromatic carbocycles. The van der Waals surface area contributed by atoms with E-state index in [0.29, 0.717) is 0 Å². The Morgan fingerprint density at radius 2 is 1.96 bits per heavy atom. The minimum atomic E-state index is 0.155. The first-order valence-electron chi connectivity index (χ1n) is 8.36. The van der Waals surface area contributed by atoms with E-state index in [2.05, 4.69) is 29.2 Å². The molecule has 0 N–H and O–H groups in total. The van der Waals surface area contributed by atoms with E-state index in [-0.39, 0.29) is 5.56 Å². The fourth-order valence-corrected chi connectivity index (χ4v) is 4.66. The summed E-state index contributed by atoms with van der Waals surface area (Å²) in [4.78, 5) is 19.7. The summed E-state index contributed by atoms with van der Waals surface area (Å²) < 4.78 is 1.80. The SMILES string of the molecule is O=c1c2c3c(sc2ncn1CCCc1ccccc1)CCCC3. The van der Waals surface area contributed by atoms with Gasteiger partial charge < -0.3 is 0 Å². The van der Waals surface area contributed by atoms with E-state index in [1.54, 1.807) is 22.2 Å². The molecule has 0 saturated heterocycles. The molecule has 0 bridgehead atoms. The topological polar surface area (TPSA) is 34.9 Å². The molecule has 0 fully saturated rings. The van der Waals surface area contributed by atoms with E-state index in [9.17, 15) is 4.79 Å². The molecule has 3 aromatic rings. The Labute approximate surface area is 139 Å². The average molecular weight is 324 g/mol. The Kier molecular flexibility index (Phi) is 4.00. The lowest BCUT2D eigenvalue weighted by atomic mass is 9.97. The predicted octanol–water partition coefficient (Wildman–Crippen LogP) is 3.97. The van der Waals surface area contributed by atoms with E-state index in [4.69, 9.17) is 0 Å². The molecule has 2 heterocycles. The number of fused-ring (bicyclic) bond motifs is 3. The van der Waals surface area contributed by atoms with Crippen LogP contribution in [0.15, 0.2) is 41.5 Å². The van der Waals surface area contributed by atoms with E-state index < -0.39 is 0 Å². The Hall–Kier alpha value is -1.94. The number of hydrogen-bond donors (Lipinski definition) is 0. The summed E-state index contributed by atoms with van der Waals surface area (Å²) >= 11 is 1.72. The highest BCUT2D eigenvalue weighted by atomic mass is 32.1. The molecule has 1 aliphatic rings. The van der Waals surface area contributed by atoms with Crippen LogP contribution in [0.3, 0.4) is 0 Å². The molecule has 0 radical (unpaired) electrons. The van der Waals surface area contributed by atoms with Crippen molar-refractivity contribution in [1.29, 1.82) is 0 Å². The number of thiophene rings is 1. The van der Waals surface area contributed by atoms with Gasteiger partial charge >= 0.3 is 0 Å². The summed E-state index contributed by atoms with van der Waals surface area (Å²) in [5.41, 5.74) is 2.76.